The molecule has 1 aromatic rings. The normalized spacial score (nSPS) is 12.0. The van der Waals surface area contributed by atoms with Gasteiger partial charge in [-0.2, -0.15) is 0 Å². The van der Waals surface area contributed by atoms with Gasteiger partial charge in [-0.3, -0.25) is 4.79 Å². The molecule has 0 aromatic carbocycles. The fourth-order valence-electron chi connectivity index (χ4n) is 1.74. The second kappa shape index (κ2) is 7.25. The molecular weight excluding hydrogens is 264 g/mol. The third-order valence-corrected chi connectivity index (χ3v) is 3.80. The molecule has 0 saturated heterocycles. The molecule has 1 aromatic heterocycles. The SMILES string of the molecule is CCCC(N)CC(=O)Nc1c(C)csc1C(=O)OC. The summed E-state index contributed by atoms with van der Waals surface area (Å²) in [7, 11) is 1.32. The Labute approximate surface area is 117 Å². The van der Waals surface area contributed by atoms with Crippen LogP contribution in [0.1, 0.15) is 41.4 Å². The van der Waals surface area contributed by atoms with Crippen LogP contribution in [-0.2, 0) is 9.53 Å². The van der Waals surface area contributed by atoms with E-state index in [0.29, 0.717) is 10.6 Å². The molecule has 0 aliphatic rings. The second-order valence-corrected chi connectivity index (χ2v) is 5.30. The van der Waals surface area contributed by atoms with Crippen molar-refractivity contribution in [3.8, 4) is 0 Å². The summed E-state index contributed by atoms with van der Waals surface area (Å²) in [5.74, 6) is -0.612. The molecule has 0 aliphatic carbocycles. The number of hydrogen-bond donors (Lipinski definition) is 2. The number of nitrogens with one attached hydrogen (secondary N) is 1. The summed E-state index contributed by atoms with van der Waals surface area (Å²) in [4.78, 5) is 23.9. The highest BCUT2D eigenvalue weighted by Crippen LogP contribution is 2.28. The van der Waals surface area contributed by atoms with Crippen molar-refractivity contribution in [3.63, 3.8) is 0 Å². The number of thiophene rings is 1. The lowest BCUT2D eigenvalue weighted by molar-refractivity contribution is -0.116. The molecule has 3 N–H and O–H groups in total. The minimum absolute atomic E-state index is 0.148. The van der Waals surface area contributed by atoms with E-state index in [0.717, 1.165) is 18.4 Å². The first-order valence-corrected chi connectivity index (χ1v) is 7.09. The van der Waals surface area contributed by atoms with Gasteiger partial charge in [0.1, 0.15) is 4.88 Å². The molecule has 19 heavy (non-hydrogen) atoms. The molecule has 1 amide bonds. The van der Waals surface area contributed by atoms with Crippen molar-refractivity contribution in [1.29, 1.82) is 0 Å². The third kappa shape index (κ3) is 4.33. The smallest absolute Gasteiger partial charge is 0.350 e. The lowest BCUT2D eigenvalue weighted by Crippen LogP contribution is -2.27. The predicted molar refractivity (Wildman–Crippen MR) is 76.5 cm³/mol. The molecule has 6 heteroatoms. The zero-order chi connectivity index (χ0) is 14.4. The van der Waals surface area contributed by atoms with Crippen LogP contribution >= 0.6 is 11.3 Å². The quantitative estimate of drug-likeness (QED) is 0.785. The van der Waals surface area contributed by atoms with Gasteiger partial charge < -0.3 is 15.8 Å². The average molecular weight is 284 g/mol. The summed E-state index contributed by atoms with van der Waals surface area (Å²) in [5, 5.41) is 4.57. The fraction of sp³-hybridized carbons (Fsp3) is 0.538. The van der Waals surface area contributed by atoms with Gasteiger partial charge in [-0.1, -0.05) is 13.3 Å². The number of anilines is 1. The number of amides is 1. The van der Waals surface area contributed by atoms with E-state index in [-0.39, 0.29) is 18.4 Å². The first-order valence-electron chi connectivity index (χ1n) is 6.21. The highest BCUT2D eigenvalue weighted by Gasteiger charge is 2.19. The van der Waals surface area contributed by atoms with Crippen molar-refractivity contribution in [2.75, 3.05) is 12.4 Å². The lowest BCUT2D eigenvalue weighted by atomic mass is 10.1. The molecule has 0 aliphatic heterocycles. The van der Waals surface area contributed by atoms with Gasteiger partial charge in [-0.05, 0) is 24.3 Å². The van der Waals surface area contributed by atoms with Crippen molar-refractivity contribution >= 4 is 28.9 Å². The summed E-state index contributed by atoms with van der Waals surface area (Å²) in [6.07, 6.45) is 2.00. The van der Waals surface area contributed by atoms with Crippen LogP contribution in [0.4, 0.5) is 5.69 Å². The number of nitrogens with two attached hydrogens (primary N) is 1. The number of ether oxygens (including phenoxy) is 1. The van der Waals surface area contributed by atoms with Gasteiger partial charge in [0.25, 0.3) is 0 Å². The van der Waals surface area contributed by atoms with Gasteiger partial charge in [0.2, 0.25) is 5.91 Å². The van der Waals surface area contributed by atoms with Crippen molar-refractivity contribution < 1.29 is 14.3 Å². The Kier molecular flexibility index (Phi) is 5.98. The van der Waals surface area contributed by atoms with Crippen LogP contribution in [0.3, 0.4) is 0 Å². The molecule has 1 unspecified atom stereocenters. The Morgan fingerprint density at radius 1 is 1.53 bits per heavy atom. The van der Waals surface area contributed by atoms with Crippen molar-refractivity contribution in [3.05, 3.63) is 15.8 Å². The highest BCUT2D eigenvalue weighted by atomic mass is 32.1. The summed E-state index contributed by atoms with van der Waals surface area (Å²) in [6.45, 7) is 3.86. The van der Waals surface area contributed by atoms with Crippen molar-refractivity contribution in [2.24, 2.45) is 5.73 Å². The highest BCUT2D eigenvalue weighted by molar-refractivity contribution is 7.12. The van der Waals surface area contributed by atoms with Crippen LogP contribution < -0.4 is 11.1 Å². The summed E-state index contributed by atoms with van der Waals surface area (Å²) in [5.41, 5.74) is 7.21. The first-order chi connectivity index (χ1) is 8.99. The van der Waals surface area contributed by atoms with E-state index in [1.165, 1.54) is 18.4 Å². The zero-order valence-electron chi connectivity index (χ0n) is 11.5. The Morgan fingerprint density at radius 3 is 2.79 bits per heavy atom. The van der Waals surface area contributed by atoms with Crippen LogP contribution in [0.2, 0.25) is 0 Å². The average Bonchev–Trinajstić information content (AvgIpc) is 2.70. The molecule has 0 radical (unpaired) electrons. The topological polar surface area (TPSA) is 81.4 Å². The molecule has 0 spiro atoms. The number of carbonyl (C=O) groups is 2. The molecule has 0 fully saturated rings. The minimum atomic E-state index is -0.439. The largest absolute Gasteiger partial charge is 0.465 e. The van der Waals surface area contributed by atoms with Crippen LogP contribution in [0, 0.1) is 6.92 Å². The number of methoxy groups -OCH3 is 1. The first kappa shape index (κ1) is 15.7. The van der Waals surface area contributed by atoms with E-state index in [1.54, 1.807) is 0 Å². The van der Waals surface area contributed by atoms with E-state index < -0.39 is 5.97 Å². The van der Waals surface area contributed by atoms with Crippen LogP contribution in [0.15, 0.2) is 5.38 Å². The standard InChI is InChI=1S/C13H20N2O3S/c1-4-5-9(14)6-10(16)15-11-8(2)7-19-12(11)13(17)18-3/h7,9H,4-6,14H2,1-3H3,(H,15,16). The maximum absolute atomic E-state index is 11.9. The van der Waals surface area contributed by atoms with E-state index in [4.69, 9.17) is 5.73 Å². The van der Waals surface area contributed by atoms with E-state index >= 15 is 0 Å². The number of esters is 1. The van der Waals surface area contributed by atoms with Gasteiger partial charge in [0.05, 0.1) is 12.8 Å². The minimum Gasteiger partial charge on any atom is -0.465 e. The molecule has 0 saturated carbocycles. The Hall–Kier alpha value is -1.40. The molecule has 5 nitrogen and oxygen atoms in total. The summed E-state index contributed by atoms with van der Waals surface area (Å²) < 4.78 is 4.69. The van der Waals surface area contributed by atoms with Crippen molar-refractivity contribution in [1.82, 2.24) is 0 Å². The monoisotopic (exact) mass is 284 g/mol. The number of carbonyl (C=O) groups excluding carboxylic acids is 2. The fourth-order valence-corrected chi connectivity index (χ4v) is 2.67. The van der Waals surface area contributed by atoms with E-state index in [1.807, 2.05) is 19.2 Å². The van der Waals surface area contributed by atoms with Gasteiger partial charge in [0.15, 0.2) is 0 Å². The Morgan fingerprint density at radius 2 is 2.21 bits per heavy atom. The third-order valence-electron chi connectivity index (χ3n) is 2.72. The lowest BCUT2D eigenvalue weighted by Gasteiger charge is -2.11. The number of aryl methyl sites for hydroxylation is 1. The maximum Gasteiger partial charge on any atom is 0.350 e. The van der Waals surface area contributed by atoms with Crippen LogP contribution in [0.25, 0.3) is 0 Å². The second-order valence-electron chi connectivity index (χ2n) is 4.42. The Balaban J connectivity index is 2.73. The van der Waals surface area contributed by atoms with Crippen LogP contribution in [-0.4, -0.2) is 25.0 Å². The maximum atomic E-state index is 11.9. The van der Waals surface area contributed by atoms with Crippen molar-refractivity contribution in [2.45, 2.75) is 39.2 Å². The summed E-state index contributed by atoms with van der Waals surface area (Å²) >= 11 is 1.26. The number of rotatable bonds is 6. The predicted octanol–water partition coefficient (Wildman–Crippen LogP) is 2.30. The molecule has 1 heterocycles. The molecule has 0 bridgehead atoms. The van der Waals surface area contributed by atoms with Crippen LogP contribution in [0.5, 0.6) is 0 Å². The van der Waals surface area contributed by atoms with Gasteiger partial charge in [-0.25, -0.2) is 4.79 Å². The summed E-state index contributed by atoms with van der Waals surface area (Å²) in [6, 6.07) is -0.148. The van der Waals surface area contributed by atoms with Gasteiger partial charge >= 0.3 is 5.97 Å². The Bertz CT molecular complexity index is 457. The van der Waals surface area contributed by atoms with E-state index in [9.17, 15) is 9.59 Å². The van der Waals surface area contributed by atoms with Gasteiger partial charge in [0, 0.05) is 12.5 Å². The molecule has 1 rings (SSSR count). The molecule has 1 atom stereocenters. The molecule has 106 valence electrons. The molecular formula is C13H20N2O3S. The van der Waals surface area contributed by atoms with Gasteiger partial charge in [-0.15, -0.1) is 11.3 Å². The number of hydrogen-bond acceptors (Lipinski definition) is 5. The zero-order valence-corrected chi connectivity index (χ0v) is 12.3. The van der Waals surface area contributed by atoms with E-state index in [2.05, 4.69) is 10.1 Å².